The Hall–Kier alpha value is -2.47. The average molecular weight is 268 g/mol. The van der Waals surface area contributed by atoms with Crippen LogP contribution in [0.5, 0.6) is 0 Å². The molecule has 2 heterocycles. The number of anilines is 1. The van der Waals surface area contributed by atoms with Gasteiger partial charge in [-0.1, -0.05) is 30.3 Å². The number of nitrogens with zero attached hydrogens (tertiary/aromatic N) is 4. The normalized spacial score (nSPS) is 12.4. The summed E-state index contributed by atoms with van der Waals surface area (Å²) in [6, 6.07) is 10.1. The van der Waals surface area contributed by atoms with E-state index in [0.29, 0.717) is 0 Å². The monoisotopic (exact) mass is 268 g/mol. The third-order valence-corrected chi connectivity index (χ3v) is 3.19. The van der Waals surface area contributed by atoms with Crippen LogP contribution in [0.25, 0.3) is 5.65 Å². The summed E-state index contributed by atoms with van der Waals surface area (Å²) in [4.78, 5) is 4.27. The van der Waals surface area contributed by atoms with E-state index in [1.165, 1.54) is 0 Å². The van der Waals surface area contributed by atoms with Gasteiger partial charge in [0.15, 0.2) is 5.82 Å². The molecule has 6 heteroatoms. The molecule has 3 aromatic rings. The summed E-state index contributed by atoms with van der Waals surface area (Å²) in [5.74, 6) is 0.727. The Bertz CT molecular complexity index is 678. The first kappa shape index (κ1) is 12.6. The number of aromatic nitrogens is 4. The minimum Gasteiger partial charge on any atom is -0.367 e. The highest BCUT2D eigenvalue weighted by Crippen LogP contribution is 2.14. The third kappa shape index (κ3) is 2.60. The fourth-order valence-corrected chi connectivity index (χ4v) is 2.10. The zero-order chi connectivity index (χ0) is 13.8. The summed E-state index contributed by atoms with van der Waals surface area (Å²) in [5.41, 5.74) is 8.02. The Morgan fingerprint density at radius 1 is 1.25 bits per heavy atom. The van der Waals surface area contributed by atoms with Gasteiger partial charge < -0.3 is 11.1 Å². The van der Waals surface area contributed by atoms with Crippen LogP contribution in [0, 0.1) is 0 Å². The largest absolute Gasteiger partial charge is 0.367 e. The smallest absolute Gasteiger partial charge is 0.203 e. The first-order chi connectivity index (χ1) is 9.84. The second kappa shape index (κ2) is 5.66. The number of rotatable bonds is 5. The lowest BCUT2D eigenvalue weighted by Gasteiger charge is -2.12. The molecule has 0 saturated carbocycles. The van der Waals surface area contributed by atoms with Crippen LogP contribution in [0.15, 0.2) is 49.1 Å². The van der Waals surface area contributed by atoms with Gasteiger partial charge in [-0.25, -0.2) is 4.98 Å². The molecule has 0 aliphatic rings. The molecule has 1 atom stereocenters. The van der Waals surface area contributed by atoms with Gasteiger partial charge in [0.05, 0.1) is 0 Å². The molecule has 2 aromatic heterocycles. The zero-order valence-corrected chi connectivity index (χ0v) is 11.0. The summed E-state index contributed by atoms with van der Waals surface area (Å²) in [6.45, 7) is 0.732. The fraction of sp³-hybridized carbons (Fsp3) is 0.214. The Kier molecular flexibility index (Phi) is 3.56. The minimum atomic E-state index is 0.0151. The van der Waals surface area contributed by atoms with Crippen LogP contribution in [0.2, 0.25) is 0 Å². The van der Waals surface area contributed by atoms with Gasteiger partial charge in [0.1, 0.15) is 6.33 Å². The predicted octanol–water partition coefficient (Wildman–Crippen LogP) is 1.63. The number of hydrogen-bond acceptors (Lipinski definition) is 5. The van der Waals surface area contributed by atoms with Gasteiger partial charge in [-0.3, -0.25) is 4.40 Å². The molecular formula is C14H16N6. The van der Waals surface area contributed by atoms with Crippen molar-refractivity contribution in [2.24, 2.45) is 5.73 Å². The van der Waals surface area contributed by atoms with E-state index < -0.39 is 0 Å². The van der Waals surface area contributed by atoms with E-state index in [4.69, 9.17) is 5.73 Å². The number of hydrogen-bond donors (Lipinski definition) is 2. The number of benzene rings is 1. The van der Waals surface area contributed by atoms with Gasteiger partial charge in [0.25, 0.3) is 0 Å². The van der Waals surface area contributed by atoms with Gasteiger partial charge in [0.2, 0.25) is 5.65 Å². The van der Waals surface area contributed by atoms with Gasteiger partial charge in [-0.05, 0) is 12.0 Å². The lowest BCUT2D eigenvalue weighted by Crippen LogP contribution is -2.16. The Labute approximate surface area is 116 Å². The van der Waals surface area contributed by atoms with Crippen LogP contribution in [0.4, 0.5) is 5.82 Å². The minimum absolute atomic E-state index is 0.0151. The molecular weight excluding hydrogens is 252 g/mol. The van der Waals surface area contributed by atoms with E-state index in [-0.39, 0.29) is 6.04 Å². The van der Waals surface area contributed by atoms with Crippen LogP contribution in [0.1, 0.15) is 18.0 Å². The van der Waals surface area contributed by atoms with Gasteiger partial charge in [-0.15, -0.1) is 10.2 Å². The summed E-state index contributed by atoms with van der Waals surface area (Å²) in [6.07, 6.45) is 6.00. The third-order valence-electron chi connectivity index (χ3n) is 3.19. The maximum Gasteiger partial charge on any atom is 0.203 e. The van der Waals surface area contributed by atoms with E-state index in [1.807, 2.05) is 40.9 Å². The molecule has 0 amide bonds. The molecule has 3 rings (SSSR count). The molecule has 6 nitrogen and oxygen atoms in total. The maximum absolute atomic E-state index is 6.16. The van der Waals surface area contributed by atoms with E-state index in [0.717, 1.165) is 30.0 Å². The van der Waals surface area contributed by atoms with Crippen molar-refractivity contribution in [3.05, 3.63) is 54.6 Å². The molecule has 0 bridgehead atoms. The van der Waals surface area contributed by atoms with Crippen molar-refractivity contribution in [1.29, 1.82) is 0 Å². The van der Waals surface area contributed by atoms with Crippen LogP contribution >= 0.6 is 0 Å². The molecule has 0 saturated heterocycles. The van der Waals surface area contributed by atoms with Crippen LogP contribution < -0.4 is 11.1 Å². The van der Waals surface area contributed by atoms with Gasteiger partial charge in [-0.2, -0.15) is 0 Å². The SMILES string of the molecule is NC(CCNc1nccn2cnnc12)c1ccccc1. The van der Waals surface area contributed by atoms with Crippen molar-refractivity contribution in [2.45, 2.75) is 12.5 Å². The quantitative estimate of drug-likeness (QED) is 0.735. The van der Waals surface area contributed by atoms with Crippen molar-refractivity contribution < 1.29 is 0 Å². The predicted molar refractivity (Wildman–Crippen MR) is 77.3 cm³/mol. The number of fused-ring (bicyclic) bond motifs is 1. The highest BCUT2D eigenvalue weighted by molar-refractivity contribution is 5.61. The van der Waals surface area contributed by atoms with Crippen molar-refractivity contribution in [1.82, 2.24) is 19.6 Å². The molecule has 1 unspecified atom stereocenters. The second-order valence-electron chi connectivity index (χ2n) is 4.57. The highest BCUT2D eigenvalue weighted by Gasteiger charge is 2.07. The van der Waals surface area contributed by atoms with Crippen molar-refractivity contribution in [3.8, 4) is 0 Å². The van der Waals surface area contributed by atoms with Crippen molar-refractivity contribution >= 4 is 11.5 Å². The number of nitrogens with two attached hydrogens (primary N) is 1. The Morgan fingerprint density at radius 3 is 2.95 bits per heavy atom. The molecule has 0 radical (unpaired) electrons. The number of nitrogens with one attached hydrogen (secondary N) is 1. The molecule has 3 N–H and O–H groups in total. The first-order valence-electron chi connectivity index (χ1n) is 6.53. The van der Waals surface area contributed by atoms with Gasteiger partial charge >= 0.3 is 0 Å². The topological polar surface area (TPSA) is 81.1 Å². The zero-order valence-electron chi connectivity index (χ0n) is 11.0. The lowest BCUT2D eigenvalue weighted by molar-refractivity contribution is 0.674. The van der Waals surface area contributed by atoms with E-state index >= 15 is 0 Å². The Morgan fingerprint density at radius 2 is 2.10 bits per heavy atom. The van der Waals surface area contributed by atoms with E-state index in [1.54, 1.807) is 12.5 Å². The lowest BCUT2D eigenvalue weighted by atomic mass is 10.1. The van der Waals surface area contributed by atoms with Gasteiger partial charge in [0, 0.05) is 25.0 Å². The molecule has 0 spiro atoms. The molecule has 0 fully saturated rings. The van der Waals surface area contributed by atoms with Crippen LogP contribution in [-0.2, 0) is 0 Å². The van der Waals surface area contributed by atoms with Crippen LogP contribution in [0.3, 0.4) is 0 Å². The van der Waals surface area contributed by atoms with E-state index in [2.05, 4.69) is 20.5 Å². The second-order valence-corrected chi connectivity index (χ2v) is 4.57. The summed E-state index contributed by atoms with van der Waals surface area (Å²) >= 11 is 0. The molecule has 0 aliphatic heterocycles. The summed E-state index contributed by atoms with van der Waals surface area (Å²) in [7, 11) is 0. The molecule has 20 heavy (non-hydrogen) atoms. The summed E-state index contributed by atoms with van der Waals surface area (Å²) in [5, 5.41) is 11.2. The van der Waals surface area contributed by atoms with Crippen molar-refractivity contribution in [2.75, 3.05) is 11.9 Å². The molecule has 0 aliphatic carbocycles. The van der Waals surface area contributed by atoms with Crippen molar-refractivity contribution in [3.63, 3.8) is 0 Å². The van der Waals surface area contributed by atoms with Crippen LogP contribution in [-0.4, -0.2) is 26.1 Å². The standard InChI is InChI=1S/C14H16N6/c15-12(11-4-2-1-3-5-11)6-7-16-13-14-19-18-10-20(14)9-8-17-13/h1-5,8-10,12H,6-7,15H2,(H,16,17). The molecule has 102 valence electrons. The fourth-order valence-electron chi connectivity index (χ4n) is 2.10. The van der Waals surface area contributed by atoms with E-state index in [9.17, 15) is 0 Å². The Balaban J connectivity index is 1.61. The average Bonchev–Trinajstić information content (AvgIpc) is 2.97. The first-order valence-corrected chi connectivity index (χ1v) is 6.53. The maximum atomic E-state index is 6.16. The molecule has 1 aromatic carbocycles. The summed E-state index contributed by atoms with van der Waals surface area (Å²) < 4.78 is 1.83. The highest BCUT2D eigenvalue weighted by atomic mass is 15.2.